The van der Waals surface area contributed by atoms with Gasteiger partial charge in [-0.3, -0.25) is 0 Å². The van der Waals surface area contributed by atoms with E-state index in [1.165, 1.54) is 30.9 Å². The van der Waals surface area contributed by atoms with Crippen molar-refractivity contribution in [3.8, 4) is 0 Å². The van der Waals surface area contributed by atoms with Gasteiger partial charge in [0.1, 0.15) is 0 Å². The number of nitrogens with zero attached hydrogens (tertiary/aromatic N) is 2. The topological polar surface area (TPSA) is 18.5 Å². The molecule has 2 rings (SSSR count). The van der Waals surface area contributed by atoms with Gasteiger partial charge in [0.15, 0.2) is 0 Å². The summed E-state index contributed by atoms with van der Waals surface area (Å²) in [6, 6.07) is 4.92. The third kappa shape index (κ3) is 4.88. The Bertz CT molecular complexity index is 352. The van der Waals surface area contributed by atoms with Crippen LogP contribution in [-0.4, -0.2) is 56.1 Å². The molecule has 1 aliphatic heterocycles. The number of thiophene rings is 1. The molecule has 1 aromatic heterocycles. The lowest BCUT2D eigenvalue weighted by molar-refractivity contribution is 0.213. The molecule has 1 N–H and O–H groups in total. The fourth-order valence-corrected chi connectivity index (χ4v) is 3.41. The molecule has 108 valence electrons. The van der Waals surface area contributed by atoms with Crippen molar-refractivity contribution in [1.82, 2.24) is 15.1 Å². The summed E-state index contributed by atoms with van der Waals surface area (Å²) in [5.41, 5.74) is 0. The van der Waals surface area contributed by atoms with Crippen molar-refractivity contribution in [2.45, 2.75) is 25.9 Å². The highest BCUT2D eigenvalue weighted by Gasteiger charge is 2.22. The van der Waals surface area contributed by atoms with Crippen molar-refractivity contribution in [2.24, 2.45) is 5.92 Å². The Morgan fingerprint density at radius 3 is 3.05 bits per heavy atom. The van der Waals surface area contributed by atoms with Gasteiger partial charge in [0, 0.05) is 37.1 Å². The first-order chi connectivity index (χ1) is 9.15. The maximum atomic E-state index is 3.56. The lowest BCUT2D eigenvalue weighted by atomic mass is 10.1. The van der Waals surface area contributed by atoms with Crippen LogP contribution in [0, 0.1) is 5.92 Å². The molecule has 0 aliphatic carbocycles. The normalized spacial score (nSPS) is 22.2. The predicted molar refractivity (Wildman–Crippen MR) is 83.7 cm³/mol. The van der Waals surface area contributed by atoms with Crippen molar-refractivity contribution in [2.75, 3.05) is 40.3 Å². The highest BCUT2D eigenvalue weighted by Crippen LogP contribution is 2.16. The summed E-state index contributed by atoms with van der Waals surface area (Å²) in [5, 5.41) is 5.70. The minimum absolute atomic E-state index is 0.603. The minimum atomic E-state index is 0.603. The van der Waals surface area contributed by atoms with Crippen LogP contribution in [0.4, 0.5) is 0 Å². The van der Waals surface area contributed by atoms with E-state index in [9.17, 15) is 0 Å². The minimum Gasteiger partial charge on any atom is -0.310 e. The monoisotopic (exact) mass is 281 g/mol. The Morgan fingerprint density at radius 1 is 1.58 bits per heavy atom. The third-order valence-electron chi connectivity index (χ3n) is 4.11. The molecule has 1 fully saturated rings. The Labute approximate surface area is 121 Å². The van der Waals surface area contributed by atoms with Gasteiger partial charge in [0.25, 0.3) is 0 Å². The van der Waals surface area contributed by atoms with Crippen LogP contribution >= 0.6 is 11.3 Å². The molecule has 0 radical (unpaired) electrons. The molecule has 2 unspecified atom stereocenters. The van der Waals surface area contributed by atoms with Crippen LogP contribution in [0.25, 0.3) is 0 Å². The van der Waals surface area contributed by atoms with E-state index in [4.69, 9.17) is 0 Å². The van der Waals surface area contributed by atoms with E-state index in [1.807, 2.05) is 11.3 Å². The summed E-state index contributed by atoms with van der Waals surface area (Å²) in [6.07, 6.45) is 1.36. The van der Waals surface area contributed by atoms with Crippen molar-refractivity contribution >= 4 is 11.3 Å². The van der Waals surface area contributed by atoms with Crippen molar-refractivity contribution < 1.29 is 0 Å². The molecular weight excluding hydrogens is 254 g/mol. The molecule has 1 saturated heterocycles. The Morgan fingerprint density at radius 2 is 2.42 bits per heavy atom. The predicted octanol–water partition coefficient (Wildman–Crippen LogP) is 2.11. The molecule has 0 aromatic carbocycles. The molecule has 1 aromatic rings. The lowest BCUT2D eigenvalue weighted by Crippen LogP contribution is -2.40. The van der Waals surface area contributed by atoms with E-state index in [-0.39, 0.29) is 0 Å². The second-order valence-electron chi connectivity index (χ2n) is 5.92. The SMILES string of the molecule is CC(CNCc1cccs1)N(C)CC1CCN(C)C1. The van der Waals surface area contributed by atoms with Crippen LogP contribution in [-0.2, 0) is 6.54 Å². The number of rotatable bonds is 7. The standard InChI is InChI=1S/C15H27N3S/c1-13(9-16-10-15-5-4-8-19-15)18(3)12-14-6-7-17(2)11-14/h4-5,8,13-14,16H,6-7,9-12H2,1-3H3. The van der Waals surface area contributed by atoms with Crippen LogP contribution in [0.5, 0.6) is 0 Å². The number of nitrogens with one attached hydrogen (secondary N) is 1. The first kappa shape index (κ1) is 15.0. The molecule has 0 spiro atoms. The first-order valence-corrected chi connectivity index (χ1v) is 8.15. The van der Waals surface area contributed by atoms with E-state index in [2.05, 4.69) is 53.6 Å². The van der Waals surface area contributed by atoms with Crippen molar-refractivity contribution in [3.63, 3.8) is 0 Å². The maximum Gasteiger partial charge on any atom is 0.0300 e. The van der Waals surface area contributed by atoms with Gasteiger partial charge in [-0.1, -0.05) is 6.07 Å². The zero-order chi connectivity index (χ0) is 13.7. The molecule has 1 aliphatic rings. The van der Waals surface area contributed by atoms with E-state index in [1.54, 1.807) is 0 Å². The Hall–Kier alpha value is -0.420. The molecule has 19 heavy (non-hydrogen) atoms. The van der Waals surface area contributed by atoms with Crippen LogP contribution in [0.1, 0.15) is 18.2 Å². The molecule has 2 atom stereocenters. The molecule has 0 amide bonds. The van der Waals surface area contributed by atoms with Gasteiger partial charge in [-0.25, -0.2) is 0 Å². The highest BCUT2D eigenvalue weighted by molar-refractivity contribution is 7.09. The largest absolute Gasteiger partial charge is 0.310 e. The quantitative estimate of drug-likeness (QED) is 0.826. The Balaban J connectivity index is 1.63. The van der Waals surface area contributed by atoms with Crippen LogP contribution in [0.15, 0.2) is 17.5 Å². The summed E-state index contributed by atoms with van der Waals surface area (Å²) in [5.74, 6) is 0.856. The van der Waals surface area contributed by atoms with E-state index < -0.39 is 0 Å². The van der Waals surface area contributed by atoms with Crippen molar-refractivity contribution in [3.05, 3.63) is 22.4 Å². The fourth-order valence-electron chi connectivity index (χ4n) is 2.74. The smallest absolute Gasteiger partial charge is 0.0300 e. The van der Waals surface area contributed by atoms with Gasteiger partial charge in [0.2, 0.25) is 0 Å². The van der Waals surface area contributed by atoms with Gasteiger partial charge in [-0.05, 0) is 51.3 Å². The molecular formula is C15H27N3S. The zero-order valence-electron chi connectivity index (χ0n) is 12.4. The van der Waals surface area contributed by atoms with Crippen LogP contribution < -0.4 is 5.32 Å². The van der Waals surface area contributed by atoms with Gasteiger partial charge in [-0.15, -0.1) is 11.3 Å². The molecule has 4 heteroatoms. The number of likely N-dealkylation sites (N-methyl/N-ethyl adjacent to an activating group) is 1. The van der Waals surface area contributed by atoms with E-state index in [0.29, 0.717) is 6.04 Å². The lowest BCUT2D eigenvalue weighted by Gasteiger charge is -2.27. The summed E-state index contributed by atoms with van der Waals surface area (Å²) in [7, 11) is 4.49. The average Bonchev–Trinajstić information content (AvgIpc) is 3.01. The zero-order valence-corrected chi connectivity index (χ0v) is 13.2. The van der Waals surface area contributed by atoms with E-state index in [0.717, 1.165) is 19.0 Å². The second-order valence-corrected chi connectivity index (χ2v) is 6.95. The third-order valence-corrected chi connectivity index (χ3v) is 4.98. The summed E-state index contributed by atoms with van der Waals surface area (Å²) >= 11 is 1.83. The highest BCUT2D eigenvalue weighted by atomic mass is 32.1. The van der Waals surface area contributed by atoms with Gasteiger partial charge in [0.05, 0.1) is 0 Å². The molecule has 2 heterocycles. The number of hydrogen-bond acceptors (Lipinski definition) is 4. The molecule has 0 saturated carbocycles. The van der Waals surface area contributed by atoms with E-state index >= 15 is 0 Å². The maximum absolute atomic E-state index is 3.56. The van der Waals surface area contributed by atoms with Gasteiger partial charge in [-0.2, -0.15) is 0 Å². The Kier molecular flexibility index (Phi) is 5.82. The summed E-state index contributed by atoms with van der Waals surface area (Å²) < 4.78 is 0. The first-order valence-electron chi connectivity index (χ1n) is 7.27. The average molecular weight is 281 g/mol. The van der Waals surface area contributed by atoms with Crippen molar-refractivity contribution in [1.29, 1.82) is 0 Å². The molecule has 0 bridgehead atoms. The van der Waals surface area contributed by atoms with Gasteiger partial charge >= 0.3 is 0 Å². The molecule has 3 nitrogen and oxygen atoms in total. The van der Waals surface area contributed by atoms with Crippen LogP contribution in [0.2, 0.25) is 0 Å². The van der Waals surface area contributed by atoms with Gasteiger partial charge < -0.3 is 15.1 Å². The second kappa shape index (κ2) is 7.39. The number of likely N-dealkylation sites (tertiary alicyclic amines) is 1. The van der Waals surface area contributed by atoms with Crippen LogP contribution in [0.3, 0.4) is 0 Å². The fraction of sp³-hybridized carbons (Fsp3) is 0.733. The number of hydrogen-bond donors (Lipinski definition) is 1. The summed E-state index contributed by atoms with van der Waals surface area (Å²) in [6.45, 7) is 8.15. The summed E-state index contributed by atoms with van der Waals surface area (Å²) in [4.78, 5) is 6.37.